The largest absolute Gasteiger partial charge is 0.511 e. The van der Waals surface area contributed by atoms with Crippen LogP contribution in [-0.4, -0.2) is 12.2 Å². The number of benzene rings is 1. The van der Waals surface area contributed by atoms with E-state index in [1.165, 1.54) is 0 Å². The van der Waals surface area contributed by atoms with Gasteiger partial charge in [-0.05, 0) is 18.1 Å². The van der Waals surface area contributed by atoms with Crippen LogP contribution >= 0.6 is 0 Å². The van der Waals surface area contributed by atoms with E-state index >= 15 is 0 Å². The first-order valence-corrected chi connectivity index (χ1v) is 4.92. The molecule has 0 saturated heterocycles. The average molecular weight is 217 g/mol. The third-order valence-electron chi connectivity index (χ3n) is 2.64. The number of nitriles is 1. The number of nitrogens with zero attached hydrogens (tertiary/aromatic N) is 1. The van der Waals surface area contributed by atoms with Crippen molar-refractivity contribution in [2.24, 2.45) is 0 Å². The van der Waals surface area contributed by atoms with Crippen molar-refractivity contribution in [3.8, 4) is 6.07 Å². The van der Waals surface area contributed by atoms with Crippen molar-refractivity contribution in [3.05, 3.63) is 47.7 Å². The van der Waals surface area contributed by atoms with E-state index in [2.05, 4.69) is 12.6 Å². The van der Waals surface area contributed by atoms with Crippen LogP contribution in [0, 0.1) is 11.3 Å². The van der Waals surface area contributed by atoms with E-state index in [0.717, 1.165) is 11.1 Å². The fourth-order valence-electron chi connectivity index (χ4n) is 1.40. The van der Waals surface area contributed by atoms with Crippen molar-refractivity contribution in [2.45, 2.75) is 18.9 Å². The molecule has 0 aliphatic heterocycles. The van der Waals surface area contributed by atoms with Crippen LogP contribution in [0.1, 0.15) is 18.1 Å². The van der Waals surface area contributed by atoms with E-state index in [1.54, 1.807) is 26.2 Å². The van der Waals surface area contributed by atoms with Gasteiger partial charge in [-0.15, -0.1) is 0 Å². The van der Waals surface area contributed by atoms with Crippen LogP contribution in [-0.2, 0) is 16.8 Å². The van der Waals surface area contributed by atoms with Gasteiger partial charge in [0.1, 0.15) is 11.2 Å². The Bertz CT molecular complexity index is 417. The standard InChI is InChI=1S/C13H15NO2/c1-10(15)13(2,9-14)12-6-4-11(5-7-12)8-16-3/h4-7,15H,1,8H2,2-3H3. The normalized spacial score (nSPS) is 13.8. The van der Waals surface area contributed by atoms with Crippen molar-refractivity contribution in [1.29, 1.82) is 5.26 Å². The molecule has 1 N–H and O–H groups in total. The third kappa shape index (κ3) is 2.23. The molecule has 0 radical (unpaired) electrons. The monoisotopic (exact) mass is 217 g/mol. The van der Waals surface area contributed by atoms with E-state index in [4.69, 9.17) is 10.00 Å². The molecule has 0 aliphatic rings. The maximum Gasteiger partial charge on any atom is 0.135 e. The van der Waals surface area contributed by atoms with Gasteiger partial charge in [0.15, 0.2) is 0 Å². The van der Waals surface area contributed by atoms with Gasteiger partial charge in [-0.25, -0.2) is 0 Å². The number of methoxy groups -OCH3 is 1. The highest BCUT2D eigenvalue weighted by Crippen LogP contribution is 2.28. The Morgan fingerprint density at radius 2 is 2.06 bits per heavy atom. The Kier molecular flexibility index (Phi) is 3.70. The summed E-state index contributed by atoms with van der Waals surface area (Å²) in [4.78, 5) is 0. The van der Waals surface area contributed by atoms with Crippen molar-refractivity contribution in [3.63, 3.8) is 0 Å². The third-order valence-corrected chi connectivity index (χ3v) is 2.64. The average Bonchev–Trinajstić information content (AvgIpc) is 2.29. The van der Waals surface area contributed by atoms with E-state index in [9.17, 15) is 5.11 Å². The van der Waals surface area contributed by atoms with Crippen LogP contribution in [0.4, 0.5) is 0 Å². The summed E-state index contributed by atoms with van der Waals surface area (Å²) in [7, 11) is 1.63. The van der Waals surface area contributed by atoms with Gasteiger partial charge in [-0.3, -0.25) is 0 Å². The second kappa shape index (κ2) is 4.82. The van der Waals surface area contributed by atoms with Crippen molar-refractivity contribution < 1.29 is 9.84 Å². The van der Waals surface area contributed by atoms with Gasteiger partial charge in [0, 0.05) is 7.11 Å². The van der Waals surface area contributed by atoms with Gasteiger partial charge in [0.25, 0.3) is 0 Å². The number of aliphatic hydroxyl groups is 1. The zero-order valence-corrected chi connectivity index (χ0v) is 9.53. The van der Waals surface area contributed by atoms with Gasteiger partial charge in [0.2, 0.25) is 0 Å². The number of ether oxygens (including phenoxy) is 1. The number of rotatable bonds is 4. The van der Waals surface area contributed by atoms with Gasteiger partial charge < -0.3 is 9.84 Å². The number of hydrogen-bond donors (Lipinski definition) is 1. The van der Waals surface area contributed by atoms with Gasteiger partial charge in [-0.1, -0.05) is 30.8 Å². The maximum atomic E-state index is 9.46. The zero-order valence-electron chi connectivity index (χ0n) is 9.53. The molecule has 0 heterocycles. The summed E-state index contributed by atoms with van der Waals surface area (Å²) in [5, 5.41) is 18.5. The predicted octanol–water partition coefficient (Wildman–Crippen LogP) is 2.69. The number of aliphatic hydroxyl groups excluding tert-OH is 1. The second-order valence-electron chi connectivity index (χ2n) is 3.81. The van der Waals surface area contributed by atoms with Crippen molar-refractivity contribution in [1.82, 2.24) is 0 Å². The van der Waals surface area contributed by atoms with Crippen molar-refractivity contribution >= 4 is 0 Å². The molecule has 1 aromatic rings. The summed E-state index contributed by atoms with van der Waals surface area (Å²) >= 11 is 0. The molecule has 1 atom stereocenters. The first-order chi connectivity index (χ1) is 7.54. The molecule has 16 heavy (non-hydrogen) atoms. The molecule has 3 heteroatoms. The highest BCUT2D eigenvalue weighted by atomic mass is 16.5. The molecule has 0 bridgehead atoms. The zero-order chi connectivity index (χ0) is 12.2. The first kappa shape index (κ1) is 12.3. The summed E-state index contributed by atoms with van der Waals surface area (Å²) in [5.74, 6) is -0.144. The SMILES string of the molecule is C=C(O)C(C)(C#N)c1ccc(COC)cc1. The summed E-state index contributed by atoms with van der Waals surface area (Å²) in [6, 6.07) is 9.42. The van der Waals surface area contributed by atoms with Crippen LogP contribution in [0.5, 0.6) is 0 Å². The molecular formula is C13H15NO2. The van der Waals surface area contributed by atoms with Crippen LogP contribution in [0.3, 0.4) is 0 Å². The molecule has 0 aromatic heterocycles. The minimum atomic E-state index is -1.05. The Balaban J connectivity index is 3.06. The maximum absolute atomic E-state index is 9.46. The van der Waals surface area contributed by atoms with Crippen LogP contribution in [0.15, 0.2) is 36.6 Å². The number of allylic oxidation sites excluding steroid dienone is 1. The van der Waals surface area contributed by atoms with Crippen LogP contribution in [0.25, 0.3) is 0 Å². The topological polar surface area (TPSA) is 53.2 Å². The Morgan fingerprint density at radius 1 is 1.50 bits per heavy atom. The summed E-state index contributed by atoms with van der Waals surface area (Å²) in [6.45, 7) is 5.61. The molecular weight excluding hydrogens is 202 g/mol. The fraction of sp³-hybridized carbons (Fsp3) is 0.308. The highest BCUT2D eigenvalue weighted by Gasteiger charge is 2.29. The van der Waals surface area contributed by atoms with E-state index in [1.807, 2.05) is 12.1 Å². The molecule has 1 unspecified atom stereocenters. The lowest BCUT2D eigenvalue weighted by atomic mass is 9.82. The van der Waals surface area contributed by atoms with Crippen LogP contribution < -0.4 is 0 Å². The molecule has 0 spiro atoms. The summed E-state index contributed by atoms with van der Waals surface area (Å²) in [6.07, 6.45) is 0. The van der Waals surface area contributed by atoms with Crippen molar-refractivity contribution in [2.75, 3.05) is 7.11 Å². The summed E-state index contributed by atoms with van der Waals surface area (Å²) < 4.78 is 5.00. The Hall–Kier alpha value is -1.79. The Morgan fingerprint density at radius 3 is 2.44 bits per heavy atom. The summed E-state index contributed by atoms with van der Waals surface area (Å²) in [5.41, 5.74) is 0.698. The lowest BCUT2D eigenvalue weighted by molar-refractivity contribution is 0.185. The van der Waals surface area contributed by atoms with Gasteiger partial charge >= 0.3 is 0 Å². The molecule has 0 amide bonds. The fourth-order valence-corrected chi connectivity index (χ4v) is 1.40. The molecule has 0 fully saturated rings. The van der Waals surface area contributed by atoms with E-state index < -0.39 is 5.41 Å². The minimum Gasteiger partial charge on any atom is -0.511 e. The molecule has 3 nitrogen and oxygen atoms in total. The number of hydrogen-bond acceptors (Lipinski definition) is 3. The predicted molar refractivity (Wildman–Crippen MR) is 61.9 cm³/mol. The lowest BCUT2D eigenvalue weighted by Gasteiger charge is -2.20. The van der Waals surface area contributed by atoms with E-state index in [0.29, 0.717) is 6.61 Å². The Labute approximate surface area is 95.6 Å². The smallest absolute Gasteiger partial charge is 0.135 e. The molecule has 0 aliphatic carbocycles. The van der Waals surface area contributed by atoms with Gasteiger partial charge in [0.05, 0.1) is 12.7 Å². The van der Waals surface area contributed by atoms with Crippen LogP contribution in [0.2, 0.25) is 0 Å². The molecule has 84 valence electrons. The van der Waals surface area contributed by atoms with E-state index in [-0.39, 0.29) is 5.76 Å². The molecule has 1 aromatic carbocycles. The molecule has 0 saturated carbocycles. The minimum absolute atomic E-state index is 0.144. The quantitative estimate of drug-likeness (QED) is 0.789. The molecule has 1 rings (SSSR count). The lowest BCUT2D eigenvalue weighted by Crippen LogP contribution is -2.21. The second-order valence-corrected chi connectivity index (χ2v) is 3.81. The first-order valence-electron chi connectivity index (χ1n) is 4.92. The van der Waals surface area contributed by atoms with Gasteiger partial charge in [-0.2, -0.15) is 5.26 Å². The highest BCUT2D eigenvalue weighted by molar-refractivity contribution is 5.40.